The number of carbonyl (C=O) groups excluding carboxylic acids is 1. The monoisotopic (exact) mass is 376 g/mol. The van der Waals surface area contributed by atoms with E-state index in [2.05, 4.69) is 4.98 Å². The lowest BCUT2D eigenvalue weighted by Gasteiger charge is -2.38. The SMILES string of the molecule is CO[C@@H]1CC[C@H]2[C@H]1OCCN2C(=O)c1cccnc1.O=C(O)C(F)(F)F. The first-order valence-electron chi connectivity index (χ1n) is 7.91. The number of rotatable bonds is 2. The summed E-state index contributed by atoms with van der Waals surface area (Å²) in [7, 11) is 1.71. The number of morpholine rings is 1. The molecule has 26 heavy (non-hydrogen) atoms. The number of methoxy groups -OCH3 is 1. The average molecular weight is 376 g/mol. The smallest absolute Gasteiger partial charge is 0.475 e. The van der Waals surface area contributed by atoms with Crippen molar-refractivity contribution in [3.05, 3.63) is 30.1 Å². The van der Waals surface area contributed by atoms with Gasteiger partial charge in [-0.2, -0.15) is 13.2 Å². The van der Waals surface area contributed by atoms with E-state index >= 15 is 0 Å². The van der Waals surface area contributed by atoms with Crippen LogP contribution in [-0.4, -0.2) is 71.6 Å². The van der Waals surface area contributed by atoms with E-state index in [1.165, 1.54) is 0 Å². The minimum atomic E-state index is -5.08. The number of nitrogens with zero attached hydrogens (tertiary/aromatic N) is 2. The Kier molecular flexibility index (Phi) is 6.54. The van der Waals surface area contributed by atoms with Crippen LogP contribution in [0.2, 0.25) is 0 Å². The van der Waals surface area contributed by atoms with E-state index in [9.17, 15) is 18.0 Å². The summed E-state index contributed by atoms with van der Waals surface area (Å²) in [5.74, 6) is -2.71. The molecule has 1 aliphatic heterocycles. The van der Waals surface area contributed by atoms with E-state index in [0.717, 1.165) is 12.8 Å². The molecular weight excluding hydrogens is 357 g/mol. The molecule has 10 heteroatoms. The van der Waals surface area contributed by atoms with Crippen LogP contribution in [0.15, 0.2) is 24.5 Å². The fourth-order valence-electron chi connectivity index (χ4n) is 3.08. The molecule has 0 aromatic carbocycles. The Hall–Kier alpha value is -2.20. The van der Waals surface area contributed by atoms with Gasteiger partial charge in [0.25, 0.3) is 5.91 Å². The van der Waals surface area contributed by atoms with Gasteiger partial charge in [-0.3, -0.25) is 9.78 Å². The molecule has 144 valence electrons. The van der Waals surface area contributed by atoms with Crippen LogP contribution in [0.1, 0.15) is 23.2 Å². The number of halogens is 3. The predicted octanol–water partition coefficient (Wildman–Crippen LogP) is 1.73. The van der Waals surface area contributed by atoms with Crippen molar-refractivity contribution in [2.24, 2.45) is 0 Å². The van der Waals surface area contributed by atoms with Crippen molar-refractivity contribution < 1.29 is 37.3 Å². The summed E-state index contributed by atoms with van der Waals surface area (Å²) >= 11 is 0. The summed E-state index contributed by atoms with van der Waals surface area (Å²) in [5, 5.41) is 7.12. The highest BCUT2D eigenvalue weighted by atomic mass is 19.4. The molecule has 1 aromatic rings. The van der Waals surface area contributed by atoms with Gasteiger partial charge in [-0.25, -0.2) is 4.79 Å². The van der Waals surface area contributed by atoms with Crippen LogP contribution in [0.4, 0.5) is 13.2 Å². The summed E-state index contributed by atoms with van der Waals surface area (Å²) < 4.78 is 43.0. The van der Waals surface area contributed by atoms with E-state index in [4.69, 9.17) is 19.4 Å². The number of carbonyl (C=O) groups is 2. The number of aromatic nitrogens is 1. The zero-order chi connectivity index (χ0) is 19.3. The summed E-state index contributed by atoms with van der Waals surface area (Å²) in [6.45, 7) is 1.22. The number of pyridine rings is 1. The van der Waals surface area contributed by atoms with Gasteiger partial charge in [-0.1, -0.05) is 0 Å². The minimum absolute atomic E-state index is 0.0133. The fourth-order valence-corrected chi connectivity index (χ4v) is 3.08. The van der Waals surface area contributed by atoms with Crippen molar-refractivity contribution >= 4 is 11.9 Å². The first kappa shape index (κ1) is 20.1. The fraction of sp³-hybridized carbons (Fsp3) is 0.562. The second kappa shape index (κ2) is 8.45. The molecule has 0 spiro atoms. The third-order valence-electron chi connectivity index (χ3n) is 4.25. The molecule has 0 unspecified atom stereocenters. The Balaban J connectivity index is 0.000000298. The molecule has 3 atom stereocenters. The van der Waals surface area contributed by atoms with Gasteiger partial charge in [0, 0.05) is 26.0 Å². The molecule has 1 N–H and O–H groups in total. The highest BCUT2D eigenvalue weighted by Gasteiger charge is 2.44. The number of ether oxygens (including phenoxy) is 2. The molecule has 1 saturated heterocycles. The number of carboxylic acids is 1. The molecule has 0 radical (unpaired) electrons. The van der Waals surface area contributed by atoms with Crippen molar-refractivity contribution in [1.82, 2.24) is 9.88 Å². The number of carboxylic acid groups (broad SMARTS) is 1. The summed E-state index contributed by atoms with van der Waals surface area (Å²) in [6.07, 6.45) is 0.219. The Bertz CT molecular complexity index is 626. The third kappa shape index (κ3) is 4.70. The van der Waals surface area contributed by atoms with E-state index < -0.39 is 12.1 Å². The van der Waals surface area contributed by atoms with Crippen molar-refractivity contribution in [1.29, 1.82) is 0 Å². The molecular formula is C16H19F3N2O5. The highest BCUT2D eigenvalue weighted by Crippen LogP contribution is 2.32. The number of alkyl halides is 3. The van der Waals surface area contributed by atoms with Crippen LogP contribution < -0.4 is 0 Å². The van der Waals surface area contributed by atoms with Gasteiger partial charge in [0.2, 0.25) is 0 Å². The topological polar surface area (TPSA) is 89.0 Å². The van der Waals surface area contributed by atoms with Gasteiger partial charge in [0.05, 0.1) is 24.3 Å². The second-order valence-corrected chi connectivity index (χ2v) is 5.80. The van der Waals surface area contributed by atoms with Crippen molar-refractivity contribution in [2.45, 2.75) is 37.3 Å². The van der Waals surface area contributed by atoms with Crippen LogP contribution >= 0.6 is 0 Å². The van der Waals surface area contributed by atoms with Crippen molar-refractivity contribution in [3.63, 3.8) is 0 Å². The Morgan fingerprint density at radius 3 is 2.62 bits per heavy atom. The van der Waals surface area contributed by atoms with Gasteiger partial charge in [-0.05, 0) is 25.0 Å². The predicted molar refractivity (Wildman–Crippen MR) is 82.5 cm³/mol. The highest BCUT2D eigenvalue weighted by molar-refractivity contribution is 5.94. The van der Waals surface area contributed by atoms with Crippen LogP contribution in [-0.2, 0) is 14.3 Å². The largest absolute Gasteiger partial charge is 0.490 e. The second-order valence-electron chi connectivity index (χ2n) is 5.80. The molecule has 2 heterocycles. The Morgan fingerprint density at radius 1 is 1.38 bits per heavy atom. The van der Waals surface area contributed by atoms with Crippen LogP contribution in [0.25, 0.3) is 0 Å². The van der Waals surface area contributed by atoms with Crippen molar-refractivity contribution in [3.8, 4) is 0 Å². The first-order valence-corrected chi connectivity index (χ1v) is 7.91. The van der Waals surface area contributed by atoms with Crippen molar-refractivity contribution in [2.75, 3.05) is 20.3 Å². The third-order valence-corrected chi connectivity index (χ3v) is 4.25. The lowest BCUT2D eigenvalue weighted by molar-refractivity contribution is -0.192. The Labute approximate surface area is 147 Å². The summed E-state index contributed by atoms with van der Waals surface area (Å²) in [6, 6.07) is 3.73. The van der Waals surface area contributed by atoms with E-state index in [1.54, 1.807) is 25.6 Å². The molecule has 1 aromatic heterocycles. The van der Waals surface area contributed by atoms with Crippen LogP contribution in [0.5, 0.6) is 0 Å². The Morgan fingerprint density at radius 2 is 2.08 bits per heavy atom. The van der Waals surface area contributed by atoms with Gasteiger partial charge in [-0.15, -0.1) is 0 Å². The zero-order valence-electron chi connectivity index (χ0n) is 14.0. The summed E-state index contributed by atoms with van der Waals surface area (Å²) in [4.78, 5) is 27.4. The quantitative estimate of drug-likeness (QED) is 0.846. The molecule has 3 rings (SSSR count). The van der Waals surface area contributed by atoms with Crippen LogP contribution in [0.3, 0.4) is 0 Å². The molecule has 2 fully saturated rings. The van der Waals surface area contributed by atoms with E-state index in [0.29, 0.717) is 18.7 Å². The van der Waals surface area contributed by atoms with E-state index in [-0.39, 0.29) is 24.2 Å². The maximum absolute atomic E-state index is 12.5. The van der Waals surface area contributed by atoms with Gasteiger partial charge in [0.1, 0.15) is 6.10 Å². The maximum atomic E-state index is 12.5. The first-order chi connectivity index (χ1) is 12.3. The molecule has 1 aliphatic carbocycles. The number of aliphatic carboxylic acids is 1. The van der Waals surface area contributed by atoms with Gasteiger partial charge >= 0.3 is 12.1 Å². The lowest BCUT2D eigenvalue weighted by atomic mass is 10.1. The zero-order valence-corrected chi connectivity index (χ0v) is 14.0. The number of hydrogen-bond donors (Lipinski definition) is 1. The van der Waals surface area contributed by atoms with Gasteiger partial charge < -0.3 is 19.5 Å². The average Bonchev–Trinajstić information content (AvgIpc) is 3.05. The minimum Gasteiger partial charge on any atom is -0.475 e. The van der Waals surface area contributed by atoms with Gasteiger partial charge in [0.15, 0.2) is 0 Å². The maximum Gasteiger partial charge on any atom is 0.490 e. The van der Waals surface area contributed by atoms with Crippen LogP contribution in [0, 0.1) is 0 Å². The van der Waals surface area contributed by atoms with E-state index in [1.807, 2.05) is 11.0 Å². The summed E-state index contributed by atoms with van der Waals surface area (Å²) in [5.41, 5.74) is 0.643. The molecule has 7 nitrogen and oxygen atoms in total. The number of fused-ring (bicyclic) bond motifs is 1. The molecule has 1 amide bonds. The normalized spacial score (nSPS) is 25.1. The lowest BCUT2D eigenvalue weighted by Crippen LogP contribution is -2.53. The molecule has 2 aliphatic rings. The standard InChI is InChI=1S/C14H18N2O3.C2HF3O2/c1-18-12-5-4-11-13(12)19-8-7-16(11)14(17)10-3-2-6-15-9-10;3-2(4,5)1(6)7/h2-3,6,9,11-13H,4-5,7-8H2,1H3;(H,6,7)/t11-,12+,13+;/m0./s1. The number of hydrogen-bond acceptors (Lipinski definition) is 5. The number of amides is 1. The molecule has 0 bridgehead atoms. The molecule has 1 saturated carbocycles.